The molecule has 1 aromatic heterocycles. The fourth-order valence-corrected chi connectivity index (χ4v) is 2.02. The number of nitrogen functional groups attached to an aromatic ring is 1. The Bertz CT molecular complexity index is 330. The second-order valence-corrected chi connectivity index (χ2v) is 3.92. The van der Waals surface area contributed by atoms with Crippen molar-refractivity contribution in [1.82, 2.24) is 10.1 Å². The van der Waals surface area contributed by atoms with E-state index in [1.54, 1.807) is 0 Å². The molecule has 2 N–H and O–H groups in total. The zero-order chi connectivity index (χ0) is 8.84. The van der Waals surface area contributed by atoms with Crippen molar-refractivity contribution in [1.29, 1.82) is 0 Å². The lowest BCUT2D eigenvalue weighted by atomic mass is 10.1. The van der Waals surface area contributed by atoms with Crippen LogP contribution in [-0.2, 0) is 13.0 Å². The Morgan fingerprint density at radius 2 is 2.31 bits per heavy atom. The van der Waals surface area contributed by atoms with Crippen LogP contribution in [0.3, 0.4) is 0 Å². The molecule has 0 radical (unpaired) electrons. The first-order valence-corrected chi connectivity index (χ1v) is 4.81. The molecule has 1 aromatic rings. The minimum Gasteiger partial charge on any atom is -0.381 e. The van der Waals surface area contributed by atoms with Crippen LogP contribution in [0.2, 0.25) is 0 Å². The van der Waals surface area contributed by atoms with Gasteiger partial charge in [0.2, 0.25) is 0 Å². The molecular formula is C9H13N3O. The van der Waals surface area contributed by atoms with Crippen molar-refractivity contribution in [3.05, 3.63) is 11.3 Å². The van der Waals surface area contributed by atoms with Crippen LogP contribution < -0.4 is 5.73 Å². The third-order valence-corrected chi connectivity index (χ3v) is 2.96. The van der Waals surface area contributed by atoms with E-state index in [9.17, 15) is 0 Å². The summed E-state index contributed by atoms with van der Waals surface area (Å²) in [5, 5.41) is 3.79. The summed E-state index contributed by atoms with van der Waals surface area (Å²) in [5.74, 6) is 1.57. The van der Waals surface area contributed by atoms with E-state index >= 15 is 0 Å². The molecule has 0 spiro atoms. The van der Waals surface area contributed by atoms with Gasteiger partial charge in [-0.3, -0.25) is 4.90 Å². The van der Waals surface area contributed by atoms with Gasteiger partial charge in [-0.05, 0) is 19.3 Å². The number of hydrogen-bond donors (Lipinski definition) is 1. The quantitative estimate of drug-likeness (QED) is 0.692. The van der Waals surface area contributed by atoms with Crippen LogP contribution in [0.4, 0.5) is 5.82 Å². The molecule has 70 valence electrons. The van der Waals surface area contributed by atoms with Gasteiger partial charge in [-0.2, -0.15) is 0 Å². The third kappa shape index (κ3) is 1.13. The Kier molecular flexibility index (Phi) is 1.41. The van der Waals surface area contributed by atoms with Crippen molar-refractivity contribution in [2.24, 2.45) is 0 Å². The van der Waals surface area contributed by atoms with E-state index in [2.05, 4.69) is 10.1 Å². The molecule has 0 amide bonds. The number of rotatable bonds is 1. The molecule has 0 saturated heterocycles. The Morgan fingerprint density at radius 1 is 1.46 bits per heavy atom. The van der Waals surface area contributed by atoms with Crippen molar-refractivity contribution < 1.29 is 4.52 Å². The van der Waals surface area contributed by atoms with Gasteiger partial charge in [0, 0.05) is 18.2 Å². The normalized spacial score (nSPS) is 23.1. The summed E-state index contributed by atoms with van der Waals surface area (Å²) in [6.07, 6.45) is 3.69. The van der Waals surface area contributed by atoms with Crippen LogP contribution in [-0.4, -0.2) is 22.6 Å². The van der Waals surface area contributed by atoms with Crippen LogP contribution in [0.25, 0.3) is 0 Å². The zero-order valence-corrected chi connectivity index (χ0v) is 7.49. The molecule has 0 atom stereocenters. The van der Waals surface area contributed by atoms with E-state index in [-0.39, 0.29) is 0 Å². The van der Waals surface area contributed by atoms with Gasteiger partial charge in [0.1, 0.15) is 0 Å². The van der Waals surface area contributed by atoms with Crippen LogP contribution in [0, 0.1) is 0 Å². The van der Waals surface area contributed by atoms with E-state index in [0.717, 1.165) is 36.9 Å². The summed E-state index contributed by atoms with van der Waals surface area (Å²) in [6, 6.07) is 0.805. The monoisotopic (exact) mass is 179 g/mol. The van der Waals surface area contributed by atoms with E-state index in [4.69, 9.17) is 10.3 Å². The first-order valence-electron chi connectivity index (χ1n) is 4.81. The third-order valence-electron chi connectivity index (χ3n) is 2.96. The summed E-state index contributed by atoms with van der Waals surface area (Å²) in [5.41, 5.74) is 6.81. The van der Waals surface area contributed by atoms with E-state index in [1.165, 1.54) is 12.8 Å². The maximum atomic E-state index is 5.68. The number of aromatic nitrogens is 1. The average Bonchev–Trinajstić information content (AvgIpc) is 2.93. The predicted molar refractivity (Wildman–Crippen MR) is 48.1 cm³/mol. The standard InChI is InChI=1S/C9H13N3O/c10-9-7-3-4-12(6-1-2-6)5-8(7)13-11-9/h6H,1-5H2,(H2,10,11). The summed E-state index contributed by atoms with van der Waals surface area (Å²) < 4.78 is 5.18. The summed E-state index contributed by atoms with van der Waals surface area (Å²) in [6.45, 7) is 2.02. The summed E-state index contributed by atoms with van der Waals surface area (Å²) in [7, 11) is 0. The summed E-state index contributed by atoms with van der Waals surface area (Å²) in [4.78, 5) is 2.47. The topological polar surface area (TPSA) is 55.3 Å². The molecule has 1 fully saturated rings. The number of nitrogens with two attached hydrogens (primary N) is 1. The lowest BCUT2D eigenvalue weighted by molar-refractivity contribution is 0.209. The maximum Gasteiger partial charge on any atom is 0.170 e. The molecule has 0 unspecified atom stereocenters. The highest BCUT2D eigenvalue weighted by molar-refractivity contribution is 5.41. The summed E-state index contributed by atoms with van der Waals surface area (Å²) >= 11 is 0. The van der Waals surface area contributed by atoms with Gasteiger partial charge in [-0.1, -0.05) is 5.16 Å². The van der Waals surface area contributed by atoms with E-state index in [0.29, 0.717) is 5.82 Å². The van der Waals surface area contributed by atoms with Crippen LogP contribution >= 0.6 is 0 Å². The Hall–Kier alpha value is -1.03. The van der Waals surface area contributed by atoms with Gasteiger partial charge in [0.15, 0.2) is 11.6 Å². The number of nitrogens with zero attached hydrogens (tertiary/aromatic N) is 2. The van der Waals surface area contributed by atoms with E-state index < -0.39 is 0 Å². The number of anilines is 1. The molecule has 1 aliphatic heterocycles. The smallest absolute Gasteiger partial charge is 0.170 e. The first kappa shape index (κ1) is 7.38. The molecule has 4 nitrogen and oxygen atoms in total. The Balaban J connectivity index is 1.86. The minimum atomic E-state index is 0.588. The van der Waals surface area contributed by atoms with Gasteiger partial charge in [-0.15, -0.1) is 0 Å². The second kappa shape index (κ2) is 2.48. The molecule has 1 saturated carbocycles. The van der Waals surface area contributed by atoms with Gasteiger partial charge in [0.05, 0.1) is 6.54 Å². The van der Waals surface area contributed by atoms with Crippen molar-refractivity contribution in [3.63, 3.8) is 0 Å². The largest absolute Gasteiger partial charge is 0.381 e. The minimum absolute atomic E-state index is 0.588. The van der Waals surface area contributed by atoms with Crippen molar-refractivity contribution in [2.45, 2.75) is 31.8 Å². The molecule has 13 heavy (non-hydrogen) atoms. The maximum absolute atomic E-state index is 5.68. The highest BCUT2D eigenvalue weighted by atomic mass is 16.5. The van der Waals surface area contributed by atoms with Gasteiger partial charge in [-0.25, -0.2) is 0 Å². The Labute approximate surface area is 76.7 Å². The molecular weight excluding hydrogens is 166 g/mol. The number of hydrogen-bond acceptors (Lipinski definition) is 4. The zero-order valence-electron chi connectivity index (χ0n) is 7.49. The van der Waals surface area contributed by atoms with Gasteiger partial charge < -0.3 is 10.3 Å². The highest BCUT2D eigenvalue weighted by Crippen LogP contribution is 2.32. The molecule has 3 rings (SSSR count). The SMILES string of the molecule is Nc1noc2c1CCN(C1CC1)C2. The van der Waals surface area contributed by atoms with E-state index in [1.807, 2.05) is 0 Å². The van der Waals surface area contributed by atoms with Crippen molar-refractivity contribution in [2.75, 3.05) is 12.3 Å². The highest BCUT2D eigenvalue weighted by Gasteiger charge is 2.33. The number of fused-ring (bicyclic) bond motifs is 1. The van der Waals surface area contributed by atoms with Crippen molar-refractivity contribution >= 4 is 5.82 Å². The lowest BCUT2D eigenvalue weighted by Gasteiger charge is -2.24. The average molecular weight is 179 g/mol. The fraction of sp³-hybridized carbons (Fsp3) is 0.667. The van der Waals surface area contributed by atoms with Crippen LogP contribution in [0.15, 0.2) is 4.52 Å². The second-order valence-electron chi connectivity index (χ2n) is 3.92. The molecule has 4 heteroatoms. The van der Waals surface area contributed by atoms with Crippen LogP contribution in [0.1, 0.15) is 24.2 Å². The molecule has 0 bridgehead atoms. The predicted octanol–water partition coefficient (Wildman–Crippen LogP) is 0.777. The molecule has 2 aliphatic rings. The molecule has 2 heterocycles. The van der Waals surface area contributed by atoms with Gasteiger partial charge in [0.25, 0.3) is 0 Å². The molecule has 1 aliphatic carbocycles. The molecule has 0 aromatic carbocycles. The van der Waals surface area contributed by atoms with Gasteiger partial charge >= 0.3 is 0 Å². The fourth-order valence-electron chi connectivity index (χ4n) is 2.02. The van der Waals surface area contributed by atoms with Crippen LogP contribution in [0.5, 0.6) is 0 Å². The Morgan fingerprint density at radius 3 is 3.08 bits per heavy atom. The van der Waals surface area contributed by atoms with Crippen molar-refractivity contribution in [3.8, 4) is 0 Å². The lowest BCUT2D eigenvalue weighted by Crippen LogP contribution is -2.31. The first-order chi connectivity index (χ1) is 6.34.